The molecule has 4 nitrogen and oxygen atoms in total. The SMILES string of the molecule is CNC(Cc1csc(C)n1)c1ccc2nccnc2c1. The molecule has 0 radical (unpaired) electrons. The Morgan fingerprint density at radius 3 is 2.70 bits per heavy atom. The van der Waals surface area contributed by atoms with E-state index in [0.717, 1.165) is 28.2 Å². The molecular formula is C15H16N4S. The van der Waals surface area contributed by atoms with Crippen LogP contribution in [-0.4, -0.2) is 22.0 Å². The number of aromatic nitrogens is 3. The minimum Gasteiger partial charge on any atom is -0.313 e. The minimum atomic E-state index is 0.239. The molecule has 2 heterocycles. The number of hydrogen-bond acceptors (Lipinski definition) is 5. The van der Waals surface area contributed by atoms with Crippen LogP contribution in [-0.2, 0) is 6.42 Å². The van der Waals surface area contributed by atoms with Crippen LogP contribution >= 0.6 is 11.3 Å². The second-order valence-corrected chi connectivity index (χ2v) is 5.77. The van der Waals surface area contributed by atoms with Crippen LogP contribution in [0.15, 0.2) is 36.0 Å². The first kappa shape index (κ1) is 13.1. The highest BCUT2D eigenvalue weighted by Gasteiger charge is 2.12. The van der Waals surface area contributed by atoms with Gasteiger partial charge in [0.1, 0.15) is 0 Å². The Morgan fingerprint density at radius 2 is 2.00 bits per heavy atom. The van der Waals surface area contributed by atoms with E-state index in [1.54, 1.807) is 23.7 Å². The van der Waals surface area contributed by atoms with Crippen molar-refractivity contribution in [2.24, 2.45) is 0 Å². The van der Waals surface area contributed by atoms with Gasteiger partial charge in [0, 0.05) is 30.2 Å². The van der Waals surface area contributed by atoms with Gasteiger partial charge in [0.2, 0.25) is 0 Å². The number of benzene rings is 1. The monoisotopic (exact) mass is 284 g/mol. The highest BCUT2D eigenvalue weighted by atomic mass is 32.1. The summed E-state index contributed by atoms with van der Waals surface area (Å²) in [5.41, 5.74) is 4.20. The summed E-state index contributed by atoms with van der Waals surface area (Å²) in [6, 6.07) is 6.47. The van der Waals surface area contributed by atoms with Crippen LogP contribution in [0.5, 0.6) is 0 Å². The molecule has 0 amide bonds. The lowest BCUT2D eigenvalue weighted by atomic mass is 10.0. The molecule has 0 aliphatic heterocycles. The molecule has 0 bridgehead atoms. The Balaban J connectivity index is 1.90. The normalized spacial score (nSPS) is 12.7. The molecule has 2 aromatic heterocycles. The third-order valence-corrected chi connectivity index (χ3v) is 4.15. The van der Waals surface area contributed by atoms with Crippen LogP contribution in [0.1, 0.15) is 22.3 Å². The Bertz CT molecular complexity index is 722. The van der Waals surface area contributed by atoms with E-state index in [1.165, 1.54) is 5.56 Å². The fourth-order valence-corrected chi connectivity index (χ4v) is 2.92. The Hall–Kier alpha value is -1.85. The first-order valence-corrected chi connectivity index (χ1v) is 7.43. The van der Waals surface area contributed by atoms with Crippen LogP contribution in [0.2, 0.25) is 0 Å². The van der Waals surface area contributed by atoms with E-state index in [1.807, 2.05) is 20.0 Å². The summed E-state index contributed by atoms with van der Waals surface area (Å²) in [4.78, 5) is 13.2. The Kier molecular flexibility index (Phi) is 3.71. The van der Waals surface area contributed by atoms with Crippen molar-refractivity contribution < 1.29 is 0 Å². The number of likely N-dealkylation sites (N-methyl/N-ethyl adjacent to an activating group) is 1. The highest BCUT2D eigenvalue weighted by Crippen LogP contribution is 2.22. The lowest BCUT2D eigenvalue weighted by molar-refractivity contribution is 0.586. The first-order chi connectivity index (χ1) is 9.76. The number of rotatable bonds is 4. The van der Waals surface area contributed by atoms with Crippen molar-refractivity contribution in [1.29, 1.82) is 0 Å². The van der Waals surface area contributed by atoms with Gasteiger partial charge in [-0.3, -0.25) is 9.97 Å². The van der Waals surface area contributed by atoms with E-state index >= 15 is 0 Å². The zero-order valence-electron chi connectivity index (χ0n) is 11.5. The van der Waals surface area contributed by atoms with Crippen molar-refractivity contribution in [3.8, 4) is 0 Å². The molecular weight excluding hydrogens is 268 g/mol. The fraction of sp³-hybridized carbons (Fsp3) is 0.267. The van der Waals surface area contributed by atoms with Gasteiger partial charge in [0.05, 0.1) is 21.7 Å². The summed E-state index contributed by atoms with van der Waals surface area (Å²) in [6.45, 7) is 2.04. The number of nitrogens with zero attached hydrogens (tertiary/aromatic N) is 3. The van der Waals surface area contributed by atoms with Crippen molar-refractivity contribution in [2.45, 2.75) is 19.4 Å². The molecule has 1 unspecified atom stereocenters. The van der Waals surface area contributed by atoms with Crippen LogP contribution < -0.4 is 5.32 Å². The van der Waals surface area contributed by atoms with Crippen molar-refractivity contribution in [3.63, 3.8) is 0 Å². The van der Waals surface area contributed by atoms with Crippen molar-refractivity contribution in [3.05, 3.63) is 52.2 Å². The van der Waals surface area contributed by atoms with Gasteiger partial charge < -0.3 is 5.32 Å². The van der Waals surface area contributed by atoms with Crippen molar-refractivity contribution >= 4 is 22.4 Å². The average Bonchev–Trinajstić information content (AvgIpc) is 2.89. The van der Waals surface area contributed by atoms with E-state index < -0.39 is 0 Å². The second kappa shape index (κ2) is 5.64. The largest absolute Gasteiger partial charge is 0.313 e. The van der Waals surface area contributed by atoms with E-state index in [4.69, 9.17) is 0 Å². The predicted octanol–water partition coefficient (Wildman–Crippen LogP) is 2.90. The quantitative estimate of drug-likeness (QED) is 0.800. The number of nitrogens with one attached hydrogen (secondary N) is 1. The molecule has 3 aromatic rings. The van der Waals surface area contributed by atoms with Gasteiger partial charge in [-0.2, -0.15) is 0 Å². The third-order valence-electron chi connectivity index (χ3n) is 3.32. The molecule has 20 heavy (non-hydrogen) atoms. The maximum atomic E-state index is 4.54. The van der Waals surface area contributed by atoms with Crippen molar-refractivity contribution in [2.75, 3.05) is 7.05 Å². The third kappa shape index (κ3) is 2.69. The summed E-state index contributed by atoms with van der Waals surface area (Å²) >= 11 is 1.69. The molecule has 1 atom stereocenters. The topological polar surface area (TPSA) is 50.7 Å². The summed E-state index contributed by atoms with van der Waals surface area (Å²) in [5, 5.41) is 6.59. The van der Waals surface area contributed by atoms with E-state index in [2.05, 4.69) is 37.8 Å². The predicted molar refractivity (Wildman–Crippen MR) is 81.9 cm³/mol. The van der Waals surface area contributed by atoms with Gasteiger partial charge in [-0.15, -0.1) is 11.3 Å². The number of aryl methyl sites for hydroxylation is 1. The second-order valence-electron chi connectivity index (χ2n) is 4.71. The first-order valence-electron chi connectivity index (χ1n) is 6.55. The molecule has 3 rings (SSSR count). The van der Waals surface area contributed by atoms with Gasteiger partial charge >= 0.3 is 0 Å². The summed E-state index contributed by atoms with van der Waals surface area (Å²) in [7, 11) is 1.98. The van der Waals surface area contributed by atoms with Gasteiger partial charge in [-0.05, 0) is 31.7 Å². The molecule has 5 heteroatoms. The maximum Gasteiger partial charge on any atom is 0.0897 e. The average molecular weight is 284 g/mol. The molecule has 0 saturated carbocycles. The van der Waals surface area contributed by atoms with Gasteiger partial charge in [0.25, 0.3) is 0 Å². The zero-order valence-corrected chi connectivity index (χ0v) is 12.3. The van der Waals surface area contributed by atoms with E-state index in [0.29, 0.717) is 0 Å². The lowest BCUT2D eigenvalue weighted by Gasteiger charge is -2.15. The minimum absolute atomic E-state index is 0.239. The summed E-state index contributed by atoms with van der Waals surface area (Å²) < 4.78 is 0. The molecule has 0 aliphatic rings. The van der Waals surface area contributed by atoms with Crippen LogP contribution in [0, 0.1) is 6.92 Å². The summed E-state index contributed by atoms with van der Waals surface area (Å²) in [5.74, 6) is 0. The zero-order chi connectivity index (χ0) is 13.9. The number of fused-ring (bicyclic) bond motifs is 1. The van der Waals surface area contributed by atoms with Crippen molar-refractivity contribution in [1.82, 2.24) is 20.3 Å². The van der Waals surface area contributed by atoms with Crippen LogP contribution in [0.3, 0.4) is 0 Å². The number of thiazole rings is 1. The van der Waals surface area contributed by atoms with Gasteiger partial charge in [-0.1, -0.05) is 6.07 Å². The Labute approximate surface area is 121 Å². The van der Waals surface area contributed by atoms with Crippen LogP contribution in [0.4, 0.5) is 0 Å². The van der Waals surface area contributed by atoms with Gasteiger partial charge in [0.15, 0.2) is 0 Å². The van der Waals surface area contributed by atoms with Crippen LogP contribution in [0.25, 0.3) is 11.0 Å². The molecule has 0 saturated heterocycles. The molecule has 102 valence electrons. The van der Waals surface area contributed by atoms with Gasteiger partial charge in [-0.25, -0.2) is 4.98 Å². The summed E-state index contributed by atoms with van der Waals surface area (Å²) in [6.07, 6.45) is 4.33. The number of hydrogen-bond donors (Lipinski definition) is 1. The molecule has 1 N–H and O–H groups in total. The standard InChI is InChI=1S/C15H16N4S/c1-10-19-12(9-20-10)8-14(16-2)11-3-4-13-15(7-11)18-6-5-17-13/h3-7,9,14,16H,8H2,1-2H3. The Morgan fingerprint density at radius 1 is 1.20 bits per heavy atom. The van der Waals surface area contributed by atoms with E-state index in [9.17, 15) is 0 Å². The molecule has 0 spiro atoms. The fourth-order valence-electron chi connectivity index (χ4n) is 2.29. The van der Waals surface area contributed by atoms with E-state index in [-0.39, 0.29) is 6.04 Å². The molecule has 1 aromatic carbocycles. The smallest absolute Gasteiger partial charge is 0.0897 e. The lowest BCUT2D eigenvalue weighted by Crippen LogP contribution is -2.19. The molecule has 0 fully saturated rings. The maximum absolute atomic E-state index is 4.54. The molecule has 0 aliphatic carbocycles. The highest BCUT2D eigenvalue weighted by molar-refractivity contribution is 7.09.